The third-order valence-electron chi connectivity index (χ3n) is 3.84. The van der Waals surface area contributed by atoms with Crippen LogP contribution in [0.25, 0.3) is 0 Å². The van der Waals surface area contributed by atoms with Crippen molar-refractivity contribution in [2.75, 3.05) is 12.4 Å². The lowest BCUT2D eigenvalue weighted by Crippen LogP contribution is -2.31. The van der Waals surface area contributed by atoms with Gasteiger partial charge < -0.3 is 15.4 Å². The fourth-order valence-corrected chi connectivity index (χ4v) is 2.69. The first-order chi connectivity index (χ1) is 11.0. The predicted octanol–water partition coefficient (Wildman–Crippen LogP) is 4.61. The van der Waals surface area contributed by atoms with Gasteiger partial charge in [-0.15, -0.1) is 0 Å². The van der Waals surface area contributed by atoms with Gasteiger partial charge in [-0.25, -0.2) is 0 Å². The van der Waals surface area contributed by atoms with Gasteiger partial charge in [-0.1, -0.05) is 37.3 Å². The van der Waals surface area contributed by atoms with E-state index in [1.807, 2.05) is 25.1 Å². The molecule has 2 rings (SSSR count). The Bertz CT molecular complexity index is 668. The highest BCUT2D eigenvalue weighted by atomic mass is 32.1. The van der Waals surface area contributed by atoms with E-state index < -0.39 is 0 Å². The van der Waals surface area contributed by atoms with Crippen LogP contribution in [0.4, 0.5) is 5.69 Å². The first-order valence-corrected chi connectivity index (χ1v) is 8.25. The zero-order valence-corrected chi connectivity index (χ0v) is 15.0. The maximum Gasteiger partial charge on any atom is 0.171 e. The van der Waals surface area contributed by atoms with E-state index in [1.54, 1.807) is 7.11 Å². The lowest BCUT2D eigenvalue weighted by Gasteiger charge is -2.19. The van der Waals surface area contributed by atoms with Crippen LogP contribution < -0.4 is 15.4 Å². The molecule has 0 aliphatic carbocycles. The maximum atomic E-state index is 5.43. The van der Waals surface area contributed by atoms with Gasteiger partial charge in [0, 0.05) is 0 Å². The topological polar surface area (TPSA) is 33.3 Å². The summed E-state index contributed by atoms with van der Waals surface area (Å²) in [7, 11) is 1.66. The van der Waals surface area contributed by atoms with E-state index in [9.17, 15) is 0 Å². The summed E-state index contributed by atoms with van der Waals surface area (Å²) in [6.45, 7) is 6.30. The van der Waals surface area contributed by atoms with E-state index in [4.69, 9.17) is 17.0 Å². The molecule has 0 unspecified atom stereocenters. The number of thiocarbonyl (C=S) groups is 1. The average molecular weight is 328 g/mol. The highest BCUT2D eigenvalue weighted by Gasteiger charge is 2.09. The molecule has 2 aromatic carbocycles. The maximum absolute atomic E-state index is 5.43. The second kappa shape index (κ2) is 7.97. The summed E-state index contributed by atoms with van der Waals surface area (Å²) < 4.78 is 5.37. The molecular formula is C19H24N2OS. The zero-order chi connectivity index (χ0) is 16.8. The molecule has 1 atom stereocenters. The number of nitrogens with one attached hydrogen (secondary N) is 2. The second-order valence-electron chi connectivity index (χ2n) is 5.62. The van der Waals surface area contributed by atoms with E-state index >= 15 is 0 Å². The number of aryl methyl sites for hydroxylation is 2. The molecule has 122 valence electrons. The summed E-state index contributed by atoms with van der Waals surface area (Å²) in [5.41, 5.74) is 4.58. The van der Waals surface area contributed by atoms with Crippen molar-refractivity contribution < 1.29 is 4.74 Å². The molecule has 0 heterocycles. The minimum absolute atomic E-state index is 0.136. The third kappa shape index (κ3) is 4.70. The van der Waals surface area contributed by atoms with E-state index in [0.29, 0.717) is 5.11 Å². The molecule has 2 N–H and O–H groups in total. The number of methoxy groups -OCH3 is 1. The predicted molar refractivity (Wildman–Crippen MR) is 101 cm³/mol. The second-order valence-corrected chi connectivity index (χ2v) is 6.03. The largest absolute Gasteiger partial charge is 0.495 e. The number of ether oxygens (including phenoxy) is 1. The average Bonchev–Trinajstić information content (AvgIpc) is 2.55. The molecule has 0 aliphatic heterocycles. The van der Waals surface area contributed by atoms with E-state index in [-0.39, 0.29) is 6.04 Å². The standard InChI is InChI=1S/C19H24N2OS/c1-5-15-7-9-16(10-8-15)14(3)20-19(23)21-17-12-13(2)6-11-18(17)22-4/h6-12,14H,5H2,1-4H3,(H2,20,21,23)/t14-/m1/s1. The first-order valence-electron chi connectivity index (χ1n) is 7.84. The van der Waals surface area contributed by atoms with Crippen molar-refractivity contribution in [1.82, 2.24) is 5.32 Å². The van der Waals surface area contributed by atoms with Crippen molar-refractivity contribution in [2.24, 2.45) is 0 Å². The molecule has 0 spiro atoms. The van der Waals surface area contributed by atoms with Gasteiger partial charge in [-0.2, -0.15) is 0 Å². The normalized spacial score (nSPS) is 11.7. The SMILES string of the molecule is CCc1ccc([C@@H](C)NC(=S)Nc2cc(C)ccc2OC)cc1. The Kier molecular flexibility index (Phi) is 5.99. The van der Waals surface area contributed by atoms with Crippen molar-refractivity contribution in [2.45, 2.75) is 33.2 Å². The Labute approximate surface area is 144 Å². The summed E-state index contributed by atoms with van der Waals surface area (Å²) in [6.07, 6.45) is 1.05. The number of hydrogen-bond acceptors (Lipinski definition) is 2. The van der Waals surface area contributed by atoms with Crippen LogP contribution in [0.2, 0.25) is 0 Å². The molecule has 0 saturated carbocycles. The van der Waals surface area contributed by atoms with Crippen LogP contribution in [0.3, 0.4) is 0 Å². The molecule has 0 aromatic heterocycles. The van der Waals surface area contributed by atoms with Crippen molar-refractivity contribution >= 4 is 23.0 Å². The van der Waals surface area contributed by atoms with Gasteiger partial charge in [0.2, 0.25) is 0 Å². The summed E-state index contributed by atoms with van der Waals surface area (Å²) in [5, 5.41) is 7.12. The van der Waals surface area contributed by atoms with E-state index in [1.165, 1.54) is 11.1 Å². The highest BCUT2D eigenvalue weighted by Crippen LogP contribution is 2.25. The molecule has 0 bridgehead atoms. The lowest BCUT2D eigenvalue weighted by atomic mass is 10.1. The lowest BCUT2D eigenvalue weighted by molar-refractivity contribution is 0.417. The van der Waals surface area contributed by atoms with Gasteiger partial charge in [0.15, 0.2) is 5.11 Å². The Balaban J connectivity index is 2.02. The van der Waals surface area contributed by atoms with Crippen LogP contribution in [0, 0.1) is 6.92 Å². The van der Waals surface area contributed by atoms with Gasteiger partial charge in [0.1, 0.15) is 5.75 Å². The quantitative estimate of drug-likeness (QED) is 0.785. The molecule has 0 aliphatic rings. The number of rotatable bonds is 5. The summed E-state index contributed by atoms with van der Waals surface area (Å²) in [5.74, 6) is 0.778. The molecule has 0 amide bonds. The van der Waals surface area contributed by atoms with E-state index in [0.717, 1.165) is 23.4 Å². The Morgan fingerprint density at radius 2 is 1.87 bits per heavy atom. The van der Waals surface area contributed by atoms with Crippen LogP contribution in [-0.4, -0.2) is 12.2 Å². The summed E-state index contributed by atoms with van der Waals surface area (Å²) in [6, 6.07) is 14.7. The minimum atomic E-state index is 0.136. The van der Waals surface area contributed by atoms with Crippen molar-refractivity contribution in [3.8, 4) is 5.75 Å². The van der Waals surface area contributed by atoms with Crippen LogP contribution in [0.1, 0.15) is 36.6 Å². The Morgan fingerprint density at radius 3 is 2.48 bits per heavy atom. The smallest absolute Gasteiger partial charge is 0.171 e. The molecule has 0 fully saturated rings. The zero-order valence-electron chi connectivity index (χ0n) is 14.1. The number of anilines is 1. The molecule has 4 heteroatoms. The van der Waals surface area contributed by atoms with Crippen LogP contribution in [-0.2, 0) is 6.42 Å². The molecule has 0 saturated heterocycles. The van der Waals surface area contributed by atoms with Crippen molar-refractivity contribution in [3.05, 3.63) is 59.2 Å². The fraction of sp³-hybridized carbons (Fsp3) is 0.316. The molecule has 0 radical (unpaired) electrons. The van der Waals surface area contributed by atoms with Crippen LogP contribution in [0.15, 0.2) is 42.5 Å². The third-order valence-corrected chi connectivity index (χ3v) is 4.06. The molecule has 23 heavy (non-hydrogen) atoms. The van der Waals surface area contributed by atoms with Gasteiger partial charge >= 0.3 is 0 Å². The summed E-state index contributed by atoms with van der Waals surface area (Å²) >= 11 is 5.43. The Morgan fingerprint density at radius 1 is 1.17 bits per heavy atom. The van der Waals surface area contributed by atoms with Gasteiger partial charge in [0.05, 0.1) is 18.8 Å². The van der Waals surface area contributed by atoms with E-state index in [2.05, 4.69) is 48.7 Å². The number of benzene rings is 2. The molecule has 3 nitrogen and oxygen atoms in total. The minimum Gasteiger partial charge on any atom is -0.495 e. The molecular weight excluding hydrogens is 304 g/mol. The monoisotopic (exact) mass is 328 g/mol. The first kappa shape index (κ1) is 17.3. The van der Waals surface area contributed by atoms with Crippen molar-refractivity contribution in [1.29, 1.82) is 0 Å². The van der Waals surface area contributed by atoms with Crippen molar-refractivity contribution in [3.63, 3.8) is 0 Å². The van der Waals surface area contributed by atoms with Gasteiger partial charge in [-0.3, -0.25) is 0 Å². The van der Waals surface area contributed by atoms with Crippen LogP contribution >= 0.6 is 12.2 Å². The number of hydrogen-bond donors (Lipinski definition) is 2. The highest BCUT2D eigenvalue weighted by molar-refractivity contribution is 7.80. The van der Waals surface area contributed by atoms with Crippen LogP contribution in [0.5, 0.6) is 5.75 Å². The van der Waals surface area contributed by atoms with Gasteiger partial charge in [0.25, 0.3) is 0 Å². The molecule has 2 aromatic rings. The van der Waals surface area contributed by atoms with Gasteiger partial charge in [-0.05, 0) is 61.3 Å². The fourth-order valence-electron chi connectivity index (χ4n) is 2.40. The summed E-state index contributed by atoms with van der Waals surface area (Å²) in [4.78, 5) is 0. The Hall–Kier alpha value is -2.07.